The van der Waals surface area contributed by atoms with Crippen molar-refractivity contribution in [2.75, 3.05) is 6.54 Å². The van der Waals surface area contributed by atoms with Gasteiger partial charge in [0.1, 0.15) is 0 Å². The molecule has 1 aliphatic carbocycles. The van der Waals surface area contributed by atoms with Gasteiger partial charge in [0.15, 0.2) is 0 Å². The summed E-state index contributed by atoms with van der Waals surface area (Å²) in [4.78, 5) is 0. The second-order valence-corrected chi connectivity index (χ2v) is 3.66. The third kappa shape index (κ3) is 2.49. The molecule has 0 aliphatic heterocycles. The van der Waals surface area contributed by atoms with Gasteiger partial charge in [0.05, 0.1) is 0 Å². The van der Waals surface area contributed by atoms with Crippen LogP contribution < -0.4 is 5.32 Å². The van der Waals surface area contributed by atoms with Gasteiger partial charge in [0.2, 0.25) is 0 Å². The first kappa shape index (κ1) is 9.08. The quantitative estimate of drug-likeness (QED) is 0.690. The maximum absolute atomic E-state index is 5.54. The van der Waals surface area contributed by atoms with Crippen LogP contribution in [0.5, 0.6) is 0 Å². The Bertz CT molecular complexity index is 159. The molecule has 0 aromatic rings. The van der Waals surface area contributed by atoms with Crippen LogP contribution in [0, 0.1) is 0 Å². The molecule has 1 rings (SSSR count). The molecule has 1 fully saturated rings. The number of nitrogens with one attached hydrogen (secondary N) is 1. The van der Waals surface area contributed by atoms with Crippen molar-refractivity contribution in [3.05, 3.63) is 11.1 Å². The van der Waals surface area contributed by atoms with Gasteiger partial charge in [-0.3, -0.25) is 0 Å². The van der Waals surface area contributed by atoms with E-state index in [2.05, 4.69) is 12.2 Å². The molecule has 0 unspecified atom stereocenters. The van der Waals surface area contributed by atoms with E-state index in [1.807, 2.05) is 6.92 Å². The van der Waals surface area contributed by atoms with E-state index in [-0.39, 0.29) is 0 Å². The highest BCUT2D eigenvalue weighted by molar-refractivity contribution is 6.25. The molecule has 11 heavy (non-hydrogen) atoms. The van der Waals surface area contributed by atoms with Crippen LogP contribution >= 0.6 is 11.6 Å². The van der Waals surface area contributed by atoms with Crippen molar-refractivity contribution in [3.63, 3.8) is 0 Å². The van der Waals surface area contributed by atoms with E-state index in [1.54, 1.807) is 5.54 Å². The molecule has 64 valence electrons. The van der Waals surface area contributed by atoms with E-state index in [0.29, 0.717) is 5.54 Å². The Morgan fingerprint density at radius 3 is 2.64 bits per heavy atom. The van der Waals surface area contributed by atoms with Gasteiger partial charge in [-0.05, 0) is 31.8 Å². The molecule has 1 saturated carbocycles. The summed E-state index contributed by atoms with van der Waals surface area (Å²) in [6.45, 7) is 5.23. The fourth-order valence-electron chi connectivity index (χ4n) is 1.17. The smallest absolute Gasteiger partial charge is 0.0183 e. The van der Waals surface area contributed by atoms with Gasteiger partial charge in [0, 0.05) is 17.6 Å². The fraction of sp³-hybridized carbons (Fsp3) is 0.778. The van der Waals surface area contributed by atoms with Crippen LogP contribution in [0.25, 0.3) is 0 Å². The van der Waals surface area contributed by atoms with Crippen molar-refractivity contribution < 1.29 is 0 Å². The molecule has 0 heterocycles. The highest BCUT2D eigenvalue weighted by Crippen LogP contribution is 2.38. The van der Waals surface area contributed by atoms with Crippen molar-refractivity contribution >= 4 is 11.6 Å². The van der Waals surface area contributed by atoms with Crippen molar-refractivity contribution in [1.29, 1.82) is 0 Å². The van der Waals surface area contributed by atoms with Gasteiger partial charge in [0.25, 0.3) is 0 Å². The molecule has 0 aromatic heterocycles. The summed E-state index contributed by atoms with van der Waals surface area (Å²) in [5.41, 5.74) is 3.34. The van der Waals surface area contributed by atoms with Crippen LogP contribution in [-0.2, 0) is 0 Å². The minimum atomic E-state index is 0.473. The van der Waals surface area contributed by atoms with Gasteiger partial charge in [-0.1, -0.05) is 18.5 Å². The molecule has 0 amide bonds. The summed E-state index contributed by atoms with van der Waals surface area (Å²) in [5.74, 6) is 0. The fourth-order valence-corrected chi connectivity index (χ4v) is 1.25. The summed E-state index contributed by atoms with van der Waals surface area (Å²) >= 11 is 5.54. The average Bonchev–Trinajstić information content (AvgIpc) is 2.81. The van der Waals surface area contributed by atoms with Crippen molar-refractivity contribution in [3.8, 4) is 0 Å². The summed E-state index contributed by atoms with van der Waals surface area (Å²) in [6.07, 6.45) is 3.90. The van der Waals surface area contributed by atoms with Gasteiger partial charge in [-0.2, -0.15) is 0 Å². The highest BCUT2D eigenvalue weighted by atomic mass is 35.5. The molecule has 0 atom stereocenters. The Labute approximate surface area is 73.8 Å². The lowest BCUT2D eigenvalue weighted by Gasteiger charge is -2.14. The molecule has 2 heteroatoms. The first-order valence-corrected chi connectivity index (χ1v) is 4.67. The third-order valence-electron chi connectivity index (χ3n) is 2.46. The second-order valence-electron chi connectivity index (χ2n) is 3.44. The lowest BCUT2D eigenvalue weighted by Crippen LogP contribution is -2.31. The zero-order valence-corrected chi connectivity index (χ0v) is 8.04. The van der Waals surface area contributed by atoms with Gasteiger partial charge >= 0.3 is 0 Å². The van der Waals surface area contributed by atoms with Crippen LogP contribution in [0.2, 0.25) is 0 Å². The summed E-state index contributed by atoms with van der Waals surface area (Å²) in [7, 11) is 0. The van der Waals surface area contributed by atoms with E-state index in [1.165, 1.54) is 24.8 Å². The van der Waals surface area contributed by atoms with Gasteiger partial charge in [-0.25, -0.2) is 0 Å². The van der Waals surface area contributed by atoms with Crippen molar-refractivity contribution in [1.82, 2.24) is 5.32 Å². The Balaban J connectivity index is 2.22. The van der Waals surface area contributed by atoms with E-state index in [4.69, 9.17) is 11.6 Å². The highest BCUT2D eigenvalue weighted by Gasteiger charge is 2.39. The minimum Gasteiger partial charge on any atom is -0.307 e. The van der Waals surface area contributed by atoms with Gasteiger partial charge < -0.3 is 5.32 Å². The summed E-state index contributed by atoms with van der Waals surface area (Å²) < 4.78 is 0. The van der Waals surface area contributed by atoms with Crippen molar-refractivity contribution in [2.24, 2.45) is 0 Å². The molecule has 0 aromatic carbocycles. The maximum atomic E-state index is 5.54. The van der Waals surface area contributed by atoms with Gasteiger partial charge in [-0.15, -0.1) is 0 Å². The van der Waals surface area contributed by atoms with E-state index < -0.39 is 0 Å². The molecular formula is C9H16ClN. The molecule has 1 nitrogen and oxygen atoms in total. The third-order valence-corrected chi connectivity index (χ3v) is 2.83. The molecule has 0 radical (unpaired) electrons. The maximum Gasteiger partial charge on any atom is 0.0183 e. The minimum absolute atomic E-state index is 0.473. The zero-order valence-electron chi connectivity index (χ0n) is 7.28. The number of halogens is 1. The van der Waals surface area contributed by atoms with Crippen molar-refractivity contribution in [2.45, 2.75) is 38.6 Å². The Morgan fingerprint density at radius 2 is 2.27 bits per heavy atom. The molecule has 0 saturated heterocycles. The monoisotopic (exact) mass is 173 g/mol. The van der Waals surface area contributed by atoms with Crippen LogP contribution in [0.15, 0.2) is 11.1 Å². The second kappa shape index (κ2) is 3.59. The molecule has 1 N–H and O–H groups in total. The largest absolute Gasteiger partial charge is 0.307 e. The first-order chi connectivity index (χ1) is 5.22. The normalized spacial score (nSPS) is 21.9. The molecular weight excluding hydrogens is 158 g/mol. The molecule has 0 spiro atoms. The summed E-state index contributed by atoms with van der Waals surface area (Å²) in [5, 5.41) is 3.52. The lowest BCUT2D eigenvalue weighted by molar-refractivity contribution is 0.505. The zero-order chi connectivity index (χ0) is 8.32. The Hall–Kier alpha value is -0.0100. The Morgan fingerprint density at radius 1 is 1.64 bits per heavy atom. The van der Waals surface area contributed by atoms with Crippen LogP contribution in [0.3, 0.4) is 0 Å². The van der Waals surface area contributed by atoms with Crippen LogP contribution in [0.4, 0.5) is 0 Å². The lowest BCUT2D eigenvalue weighted by atomic mass is 10.2. The standard InChI is InChI=1S/C9H16ClN/c1-3-9(4-5-9)11-7-8(2)6-10/h6,11H,3-5,7H2,1-2H3/b8-6+. The van der Waals surface area contributed by atoms with Crippen LogP contribution in [-0.4, -0.2) is 12.1 Å². The van der Waals surface area contributed by atoms with E-state index >= 15 is 0 Å². The molecule has 0 bridgehead atoms. The predicted molar refractivity (Wildman–Crippen MR) is 49.9 cm³/mol. The topological polar surface area (TPSA) is 12.0 Å². The van der Waals surface area contributed by atoms with E-state index in [0.717, 1.165) is 6.54 Å². The predicted octanol–water partition coefficient (Wildman–Crippen LogP) is 2.66. The molecule has 1 aliphatic rings. The Kier molecular flexibility index (Phi) is 2.97. The SMILES string of the molecule is CCC1(NC/C(C)=C/Cl)CC1. The first-order valence-electron chi connectivity index (χ1n) is 4.23. The van der Waals surface area contributed by atoms with E-state index in [9.17, 15) is 0 Å². The number of rotatable bonds is 4. The van der Waals surface area contributed by atoms with Crippen LogP contribution in [0.1, 0.15) is 33.1 Å². The number of hydrogen-bond acceptors (Lipinski definition) is 1. The summed E-state index contributed by atoms with van der Waals surface area (Å²) in [6, 6.07) is 0. The average molecular weight is 174 g/mol. The number of hydrogen-bond donors (Lipinski definition) is 1.